The number of ether oxygens (including phenoxy) is 2. The number of rotatable bonds is 6. The number of carbonyl (C=O) groups excluding carboxylic acids is 2. The third-order valence-corrected chi connectivity index (χ3v) is 8.03. The summed E-state index contributed by atoms with van der Waals surface area (Å²) in [7, 11) is -3.64. The molecule has 0 spiro atoms. The van der Waals surface area contributed by atoms with Crippen LogP contribution in [0, 0.1) is 0 Å². The Balaban J connectivity index is 1.58. The van der Waals surface area contributed by atoms with E-state index in [9.17, 15) is 18.0 Å². The minimum atomic E-state index is -3.64. The van der Waals surface area contributed by atoms with E-state index in [2.05, 4.69) is 5.32 Å². The topological polar surface area (TPSA) is 102 Å². The number of anilines is 1. The Morgan fingerprint density at radius 1 is 1.09 bits per heavy atom. The Morgan fingerprint density at radius 2 is 1.78 bits per heavy atom. The molecule has 2 aromatic carbocycles. The lowest BCUT2D eigenvalue weighted by Crippen LogP contribution is -2.40. The van der Waals surface area contributed by atoms with Gasteiger partial charge < -0.3 is 14.8 Å². The SMILES string of the molecule is CCOC(=O)c1c(NC(=O)c2ccc(S(=O)(=O)N3CCOCC3)cc2)sc2ccccc12. The molecule has 3 aromatic rings. The molecule has 1 amide bonds. The van der Waals surface area contributed by atoms with Crippen LogP contribution in [0.2, 0.25) is 0 Å². The normalized spacial score (nSPS) is 14.9. The van der Waals surface area contributed by atoms with Crippen molar-refractivity contribution in [2.75, 3.05) is 38.2 Å². The molecule has 168 valence electrons. The van der Waals surface area contributed by atoms with Gasteiger partial charge in [0, 0.05) is 28.7 Å². The molecule has 0 unspecified atom stereocenters. The van der Waals surface area contributed by atoms with E-state index in [1.807, 2.05) is 18.2 Å². The average Bonchev–Trinajstić information content (AvgIpc) is 3.17. The molecule has 10 heteroatoms. The van der Waals surface area contributed by atoms with Crippen molar-refractivity contribution in [2.24, 2.45) is 0 Å². The summed E-state index contributed by atoms with van der Waals surface area (Å²) in [5, 5.41) is 3.87. The Bertz CT molecular complexity index is 1250. The predicted molar refractivity (Wildman–Crippen MR) is 122 cm³/mol. The van der Waals surface area contributed by atoms with Crippen LogP contribution in [0.1, 0.15) is 27.6 Å². The van der Waals surface area contributed by atoms with E-state index in [1.54, 1.807) is 13.0 Å². The van der Waals surface area contributed by atoms with Crippen molar-refractivity contribution in [1.82, 2.24) is 4.31 Å². The summed E-state index contributed by atoms with van der Waals surface area (Å²) in [6, 6.07) is 13.1. The van der Waals surface area contributed by atoms with Crippen LogP contribution in [0.5, 0.6) is 0 Å². The summed E-state index contributed by atoms with van der Waals surface area (Å²) in [4.78, 5) is 25.5. The van der Waals surface area contributed by atoms with Gasteiger partial charge in [-0.15, -0.1) is 11.3 Å². The summed E-state index contributed by atoms with van der Waals surface area (Å²) in [5.74, 6) is -0.954. The molecule has 1 saturated heterocycles. The molecule has 1 aromatic heterocycles. The first-order valence-corrected chi connectivity index (χ1v) is 12.4. The molecule has 0 saturated carbocycles. The lowest BCUT2D eigenvalue weighted by molar-refractivity contribution is 0.0530. The third-order valence-electron chi connectivity index (χ3n) is 5.03. The zero-order valence-electron chi connectivity index (χ0n) is 17.4. The molecule has 1 aliphatic heterocycles. The van der Waals surface area contributed by atoms with Gasteiger partial charge in [-0.2, -0.15) is 4.31 Å². The molecule has 8 nitrogen and oxygen atoms in total. The zero-order valence-corrected chi connectivity index (χ0v) is 19.0. The molecule has 0 atom stereocenters. The minimum absolute atomic E-state index is 0.116. The van der Waals surface area contributed by atoms with Gasteiger partial charge in [0.05, 0.1) is 24.7 Å². The summed E-state index contributed by atoms with van der Waals surface area (Å²) in [6.07, 6.45) is 0. The first kappa shape index (κ1) is 22.4. The summed E-state index contributed by atoms with van der Waals surface area (Å²) >= 11 is 1.28. The largest absolute Gasteiger partial charge is 0.462 e. The lowest BCUT2D eigenvalue weighted by Gasteiger charge is -2.26. The molecular formula is C22H22N2O6S2. The number of carbonyl (C=O) groups is 2. The van der Waals surface area contributed by atoms with E-state index >= 15 is 0 Å². The zero-order chi connectivity index (χ0) is 22.7. The fraction of sp³-hybridized carbons (Fsp3) is 0.273. The van der Waals surface area contributed by atoms with Crippen molar-refractivity contribution < 1.29 is 27.5 Å². The van der Waals surface area contributed by atoms with E-state index in [-0.39, 0.29) is 17.1 Å². The quantitative estimate of drug-likeness (QED) is 0.550. The third kappa shape index (κ3) is 4.40. The van der Waals surface area contributed by atoms with Gasteiger partial charge in [0.15, 0.2) is 0 Å². The van der Waals surface area contributed by atoms with Crippen LogP contribution in [0.3, 0.4) is 0 Å². The van der Waals surface area contributed by atoms with Crippen molar-refractivity contribution in [3.8, 4) is 0 Å². The molecule has 0 radical (unpaired) electrons. The Hall–Kier alpha value is -2.79. The lowest BCUT2D eigenvalue weighted by atomic mass is 10.1. The number of esters is 1. The maximum Gasteiger partial charge on any atom is 0.341 e. The predicted octanol–water partition coefficient (Wildman–Crippen LogP) is 3.35. The fourth-order valence-corrected chi connectivity index (χ4v) is 5.92. The number of amides is 1. The number of hydrogen-bond donors (Lipinski definition) is 1. The number of nitrogens with one attached hydrogen (secondary N) is 1. The van der Waals surface area contributed by atoms with E-state index in [0.717, 1.165) is 4.70 Å². The van der Waals surface area contributed by atoms with Crippen molar-refractivity contribution in [3.05, 3.63) is 59.7 Å². The van der Waals surface area contributed by atoms with Crippen LogP contribution in [0.4, 0.5) is 5.00 Å². The number of nitrogens with zero attached hydrogens (tertiary/aromatic N) is 1. The highest BCUT2D eigenvalue weighted by Crippen LogP contribution is 2.36. The number of sulfonamides is 1. The van der Waals surface area contributed by atoms with Crippen LogP contribution in [0.25, 0.3) is 10.1 Å². The smallest absolute Gasteiger partial charge is 0.341 e. The van der Waals surface area contributed by atoms with E-state index in [0.29, 0.717) is 42.3 Å². The molecule has 4 rings (SSSR count). The van der Waals surface area contributed by atoms with Crippen molar-refractivity contribution in [3.63, 3.8) is 0 Å². The van der Waals surface area contributed by atoms with Gasteiger partial charge in [0.2, 0.25) is 10.0 Å². The van der Waals surface area contributed by atoms with Gasteiger partial charge in [-0.05, 0) is 37.3 Å². The second-order valence-corrected chi connectivity index (χ2v) is 10.0. The molecule has 32 heavy (non-hydrogen) atoms. The Kier molecular flexibility index (Phi) is 6.56. The van der Waals surface area contributed by atoms with E-state index in [1.165, 1.54) is 39.9 Å². The second-order valence-electron chi connectivity index (χ2n) is 7.02. The van der Waals surface area contributed by atoms with Gasteiger partial charge in [-0.25, -0.2) is 13.2 Å². The summed E-state index contributed by atoms with van der Waals surface area (Å²) in [5.41, 5.74) is 0.588. The van der Waals surface area contributed by atoms with Gasteiger partial charge in [-0.1, -0.05) is 18.2 Å². The number of fused-ring (bicyclic) bond motifs is 1. The molecule has 1 N–H and O–H groups in total. The molecule has 0 bridgehead atoms. The van der Waals surface area contributed by atoms with Gasteiger partial charge >= 0.3 is 5.97 Å². The monoisotopic (exact) mass is 474 g/mol. The minimum Gasteiger partial charge on any atom is -0.462 e. The number of thiophene rings is 1. The fourth-order valence-electron chi connectivity index (χ4n) is 3.43. The average molecular weight is 475 g/mol. The van der Waals surface area contributed by atoms with Crippen molar-refractivity contribution in [1.29, 1.82) is 0 Å². The second kappa shape index (κ2) is 9.37. The van der Waals surface area contributed by atoms with E-state index < -0.39 is 21.9 Å². The standard InChI is InChI=1S/C22H22N2O6S2/c1-2-30-22(26)19-17-5-3-4-6-18(17)31-21(19)23-20(25)15-7-9-16(10-8-15)32(27,28)24-11-13-29-14-12-24/h3-10H,2,11-14H2,1H3,(H,23,25). The van der Waals surface area contributed by atoms with Crippen LogP contribution in [-0.4, -0.2) is 57.5 Å². The highest BCUT2D eigenvalue weighted by Gasteiger charge is 2.27. The maximum absolute atomic E-state index is 12.9. The highest BCUT2D eigenvalue weighted by atomic mass is 32.2. The first-order chi connectivity index (χ1) is 15.4. The van der Waals surface area contributed by atoms with E-state index in [4.69, 9.17) is 9.47 Å². The first-order valence-electron chi connectivity index (χ1n) is 10.1. The number of morpholine rings is 1. The van der Waals surface area contributed by atoms with Crippen LogP contribution in [-0.2, 0) is 19.5 Å². The van der Waals surface area contributed by atoms with Crippen LogP contribution < -0.4 is 5.32 Å². The number of hydrogen-bond acceptors (Lipinski definition) is 7. The van der Waals surface area contributed by atoms with Gasteiger partial charge in [0.25, 0.3) is 5.91 Å². The number of benzene rings is 2. The van der Waals surface area contributed by atoms with Crippen LogP contribution >= 0.6 is 11.3 Å². The molecule has 0 aliphatic carbocycles. The van der Waals surface area contributed by atoms with Crippen molar-refractivity contribution >= 4 is 48.3 Å². The molecule has 1 fully saturated rings. The molecule has 1 aliphatic rings. The van der Waals surface area contributed by atoms with Crippen molar-refractivity contribution in [2.45, 2.75) is 11.8 Å². The Labute approximate surface area is 189 Å². The Morgan fingerprint density at radius 3 is 2.47 bits per heavy atom. The highest BCUT2D eigenvalue weighted by molar-refractivity contribution is 7.89. The summed E-state index contributed by atoms with van der Waals surface area (Å²) in [6.45, 7) is 3.25. The molecular weight excluding hydrogens is 452 g/mol. The maximum atomic E-state index is 12.9. The van der Waals surface area contributed by atoms with Gasteiger partial charge in [-0.3, -0.25) is 4.79 Å². The summed E-state index contributed by atoms with van der Waals surface area (Å²) < 4.78 is 38.1. The van der Waals surface area contributed by atoms with Gasteiger partial charge in [0.1, 0.15) is 10.6 Å². The molecule has 2 heterocycles. The van der Waals surface area contributed by atoms with Crippen LogP contribution in [0.15, 0.2) is 53.4 Å².